The molecule has 9 nitrogen and oxygen atoms in total. The summed E-state index contributed by atoms with van der Waals surface area (Å²) in [7, 11) is 2.99. The summed E-state index contributed by atoms with van der Waals surface area (Å²) in [5.41, 5.74) is 3.82. The number of urea groups is 1. The summed E-state index contributed by atoms with van der Waals surface area (Å²) in [6.07, 6.45) is 1.54. The number of benzene rings is 2. The first kappa shape index (κ1) is 23.6. The van der Waals surface area contributed by atoms with Gasteiger partial charge in [-0.3, -0.25) is 5.21 Å². The number of rotatable bonds is 7. The number of likely N-dealkylation sites (tertiary alicyclic amines) is 1. The van der Waals surface area contributed by atoms with Gasteiger partial charge in [-0.25, -0.2) is 14.5 Å². The predicted octanol–water partition coefficient (Wildman–Crippen LogP) is 3.54. The molecule has 34 heavy (non-hydrogen) atoms. The van der Waals surface area contributed by atoms with Crippen LogP contribution < -0.4 is 9.47 Å². The lowest BCUT2D eigenvalue weighted by atomic mass is 9.93. The summed E-state index contributed by atoms with van der Waals surface area (Å²) in [6.45, 7) is 1.34. The minimum absolute atomic E-state index is 0.0368. The lowest BCUT2D eigenvalue weighted by molar-refractivity contribution is -0.0356. The minimum atomic E-state index is -0.383. The number of aromatic nitrogens is 2. The zero-order chi connectivity index (χ0) is 24.1. The molecule has 1 aliphatic heterocycles. The molecular formula is C25H30N4O5. The molecule has 0 atom stereocenters. The third-order valence-electron chi connectivity index (χ3n) is 6.02. The van der Waals surface area contributed by atoms with Gasteiger partial charge in [0.05, 0.1) is 30.8 Å². The summed E-state index contributed by atoms with van der Waals surface area (Å²) in [5, 5.41) is 24.0. The zero-order valence-electron chi connectivity index (χ0n) is 19.4. The molecule has 3 aromatic rings. The molecule has 1 saturated heterocycles. The lowest BCUT2D eigenvalue weighted by Crippen LogP contribution is -2.43. The van der Waals surface area contributed by atoms with Crippen LogP contribution in [0.4, 0.5) is 4.79 Å². The van der Waals surface area contributed by atoms with Crippen LogP contribution in [0.3, 0.4) is 0 Å². The Balaban J connectivity index is 1.63. The number of carbonyl (C=O) groups excluding carboxylic acids is 1. The fraction of sp³-hybridized carbons (Fsp3) is 0.360. The van der Waals surface area contributed by atoms with E-state index >= 15 is 0 Å². The van der Waals surface area contributed by atoms with Crippen molar-refractivity contribution in [2.24, 2.45) is 0 Å². The van der Waals surface area contributed by atoms with E-state index in [1.807, 2.05) is 53.2 Å². The highest BCUT2D eigenvalue weighted by Crippen LogP contribution is 2.33. The summed E-state index contributed by atoms with van der Waals surface area (Å²) in [5.74, 6) is 1.67. The van der Waals surface area contributed by atoms with E-state index in [1.165, 1.54) is 7.05 Å². The SMILES string of the molecule is COc1ccc(-c2cc(C3CCN(C(=O)N(C)O)CC3)nn2-c2ccc(OCCO)cc2)cc1. The number of aliphatic hydroxyl groups is 1. The van der Waals surface area contributed by atoms with E-state index in [9.17, 15) is 10.0 Å². The van der Waals surface area contributed by atoms with Gasteiger partial charge in [0, 0.05) is 31.6 Å². The highest BCUT2D eigenvalue weighted by molar-refractivity contribution is 5.73. The first-order valence-corrected chi connectivity index (χ1v) is 11.3. The largest absolute Gasteiger partial charge is 0.497 e. The van der Waals surface area contributed by atoms with Crippen molar-refractivity contribution in [2.45, 2.75) is 18.8 Å². The Hall–Kier alpha value is -3.56. The second-order valence-electron chi connectivity index (χ2n) is 8.23. The van der Waals surface area contributed by atoms with Crippen LogP contribution in [0.1, 0.15) is 24.5 Å². The van der Waals surface area contributed by atoms with Gasteiger partial charge in [0.15, 0.2) is 0 Å². The van der Waals surface area contributed by atoms with E-state index in [4.69, 9.17) is 19.7 Å². The van der Waals surface area contributed by atoms with Crippen LogP contribution in [-0.4, -0.2) is 76.5 Å². The summed E-state index contributed by atoms with van der Waals surface area (Å²) in [4.78, 5) is 13.7. The van der Waals surface area contributed by atoms with Gasteiger partial charge in [0.1, 0.15) is 18.1 Å². The van der Waals surface area contributed by atoms with Crippen LogP contribution in [0.15, 0.2) is 54.6 Å². The molecular weight excluding hydrogens is 436 g/mol. The van der Waals surface area contributed by atoms with Crippen molar-refractivity contribution in [3.63, 3.8) is 0 Å². The van der Waals surface area contributed by atoms with Crippen LogP contribution in [0, 0.1) is 0 Å². The van der Waals surface area contributed by atoms with Gasteiger partial charge < -0.3 is 19.5 Å². The molecule has 2 aromatic carbocycles. The molecule has 0 unspecified atom stereocenters. The van der Waals surface area contributed by atoms with Crippen molar-refractivity contribution < 1.29 is 24.6 Å². The molecule has 0 aliphatic carbocycles. The van der Waals surface area contributed by atoms with E-state index in [0.29, 0.717) is 23.9 Å². The monoisotopic (exact) mass is 466 g/mol. The molecule has 4 rings (SSSR count). The van der Waals surface area contributed by atoms with Gasteiger partial charge in [0.25, 0.3) is 0 Å². The number of hydroxylamine groups is 2. The average Bonchev–Trinajstić information content (AvgIpc) is 3.33. The summed E-state index contributed by atoms with van der Waals surface area (Å²) < 4.78 is 12.7. The zero-order valence-corrected chi connectivity index (χ0v) is 19.4. The molecule has 1 aromatic heterocycles. The molecule has 2 amide bonds. The molecule has 1 fully saturated rings. The Morgan fingerprint density at radius 2 is 1.74 bits per heavy atom. The smallest absolute Gasteiger partial charge is 0.343 e. The van der Waals surface area contributed by atoms with E-state index in [-0.39, 0.29) is 25.2 Å². The summed E-state index contributed by atoms with van der Waals surface area (Å²) >= 11 is 0. The molecule has 2 N–H and O–H groups in total. The normalized spacial score (nSPS) is 14.2. The molecule has 0 bridgehead atoms. The van der Waals surface area contributed by atoms with Crippen molar-refractivity contribution in [3.05, 3.63) is 60.3 Å². The van der Waals surface area contributed by atoms with Crippen LogP contribution in [0.25, 0.3) is 16.9 Å². The van der Waals surface area contributed by atoms with Crippen molar-refractivity contribution in [2.75, 3.05) is 40.5 Å². The number of nitrogens with zero attached hydrogens (tertiary/aromatic N) is 4. The Morgan fingerprint density at radius 1 is 1.09 bits per heavy atom. The molecule has 2 heterocycles. The first-order chi connectivity index (χ1) is 16.5. The number of ether oxygens (including phenoxy) is 2. The van der Waals surface area contributed by atoms with Crippen molar-refractivity contribution in [1.82, 2.24) is 19.7 Å². The molecule has 0 radical (unpaired) electrons. The third kappa shape index (κ3) is 5.16. The Bertz CT molecular complexity index is 1090. The van der Waals surface area contributed by atoms with E-state index in [1.54, 1.807) is 12.0 Å². The second kappa shape index (κ2) is 10.6. The Kier molecular flexibility index (Phi) is 7.34. The predicted molar refractivity (Wildman–Crippen MR) is 127 cm³/mol. The topological polar surface area (TPSA) is 100 Å². The average molecular weight is 467 g/mol. The van der Waals surface area contributed by atoms with Crippen LogP contribution >= 0.6 is 0 Å². The highest BCUT2D eigenvalue weighted by Gasteiger charge is 2.27. The fourth-order valence-corrected chi connectivity index (χ4v) is 4.18. The van der Waals surface area contributed by atoms with Crippen molar-refractivity contribution >= 4 is 6.03 Å². The molecule has 1 aliphatic rings. The van der Waals surface area contributed by atoms with Crippen LogP contribution in [-0.2, 0) is 0 Å². The van der Waals surface area contributed by atoms with Gasteiger partial charge in [0.2, 0.25) is 0 Å². The third-order valence-corrected chi connectivity index (χ3v) is 6.02. The number of hydrogen-bond acceptors (Lipinski definition) is 6. The number of amides is 2. The van der Waals surface area contributed by atoms with Gasteiger partial charge in [-0.05, 0) is 67.4 Å². The summed E-state index contributed by atoms with van der Waals surface area (Å²) in [6, 6.07) is 17.2. The maximum Gasteiger partial charge on any atom is 0.343 e. The second-order valence-corrected chi connectivity index (χ2v) is 8.23. The first-order valence-electron chi connectivity index (χ1n) is 11.3. The quantitative estimate of drug-likeness (QED) is 0.408. The van der Waals surface area contributed by atoms with Crippen molar-refractivity contribution in [1.29, 1.82) is 0 Å². The van der Waals surface area contributed by atoms with Gasteiger partial charge in [-0.15, -0.1) is 0 Å². The van der Waals surface area contributed by atoms with Crippen LogP contribution in [0.5, 0.6) is 11.5 Å². The number of carbonyl (C=O) groups is 1. The molecule has 9 heteroatoms. The number of piperidine rings is 1. The highest BCUT2D eigenvalue weighted by atomic mass is 16.5. The van der Waals surface area contributed by atoms with Crippen molar-refractivity contribution in [3.8, 4) is 28.4 Å². The maximum absolute atomic E-state index is 12.1. The van der Waals surface area contributed by atoms with Gasteiger partial charge in [-0.2, -0.15) is 5.10 Å². The minimum Gasteiger partial charge on any atom is -0.497 e. The fourth-order valence-electron chi connectivity index (χ4n) is 4.18. The maximum atomic E-state index is 12.1. The van der Waals surface area contributed by atoms with Crippen LogP contribution in [0.2, 0.25) is 0 Å². The Morgan fingerprint density at radius 3 is 2.32 bits per heavy atom. The van der Waals surface area contributed by atoms with E-state index < -0.39 is 0 Å². The standard InChI is InChI=1S/C25H30N4O5/c1-27(32)25(31)28-13-11-18(12-14-28)23-17-24(19-3-7-21(33-2)8-4-19)29(26-23)20-5-9-22(10-6-20)34-16-15-30/h3-10,17-18,30,32H,11-16H2,1-2H3. The molecule has 180 valence electrons. The molecule has 0 saturated carbocycles. The number of hydrogen-bond donors (Lipinski definition) is 2. The van der Waals surface area contributed by atoms with Gasteiger partial charge >= 0.3 is 6.03 Å². The van der Waals surface area contributed by atoms with Gasteiger partial charge in [-0.1, -0.05) is 0 Å². The van der Waals surface area contributed by atoms with E-state index in [2.05, 4.69) is 6.07 Å². The number of aliphatic hydroxyl groups excluding tert-OH is 1. The lowest BCUT2D eigenvalue weighted by Gasteiger charge is -2.32. The number of methoxy groups -OCH3 is 1. The molecule has 0 spiro atoms. The Labute approximate surface area is 198 Å². The van der Waals surface area contributed by atoms with E-state index in [0.717, 1.165) is 41.2 Å².